The zero-order valence-electron chi connectivity index (χ0n) is 15.9. The average molecular weight is 406 g/mol. The number of non-ortho nitro benzene ring substituents is 1. The molecule has 8 nitrogen and oxygen atoms in total. The molecule has 0 radical (unpaired) electrons. The largest absolute Gasteiger partial charge is 0.312 e. The number of anilines is 1. The summed E-state index contributed by atoms with van der Waals surface area (Å²) >= 11 is 1.31. The molecular weight excluding hydrogens is 388 g/mol. The van der Waals surface area contributed by atoms with Gasteiger partial charge in [-0.3, -0.25) is 10.1 Å². The van der Waals surface area contributed by atoms with Gasteiger partial charge in [-0.2, -0.15) is 0 Å². The number of fused-ring (bicyclic) bond motifs is 1. The van der Waals surface area contributed by atoms with E-state index in [9.17, 15) is 10.1 Å². The summed E-state index contributed by atoms with van der Waals surface area (Å²) in [5, 5.41) is 10.8. The van der Waals surface area contributed by atoms with Crippen LogP contribution in [0.25, 0.3) is 22.6 Å². The number of imidazole rings is 1. The molecule has 0 aliphatic carbocycles. The molecule has 0 unspecified atom stereocenters. The van der Waals surface area contributed by atoms with E-state index >= 15 is 0 Å². The van der Waals surface area contributed by atoms with E-state index in [-0.39, 0.29) is 5.69 Å². The Balaban J connectivity index is 1.62. The van der Waals surface area contributed by atoms with Crippen molar-refractivity contribution in [3.63, 3.8) is 0 Å². The maximum atomic E-state index is 10.8. The van der Waals surface area contributed by atoms with Crippen molar-refractivity contribution in [3.8, 4) is 11.4 Å². The first-order valence-electron chi connectivity index (χ1n) is 9.01. The van der Waals surface area contributed by atoms with Crippen molar-refractivity contribution in [1.82, 2.24) is 19.5 Å². The Hall–Kier alpha value is -3.46. The van der Waals surface area contributed by atoms with Crippen molar-refractivity contribution >= 4 is 34.6 Å². The van der Waals surface area contributed by atoms with Gasteiger partial charge >= 0.3 is 0 Å². The minimum atomic E-state index is -0.418. The summed E-state index contributed by atoms with van der Waals surface area (Å²) in [5.74, 6) is 1.40. The Labute approximate surface area is 171 Å². The summed E-state index contributed by atoms with van der Waals surface area (Å²) in [7, 11) is 1.93. The molecule has 0 aliphatic rings. The zero-order chi connectivity index (χ0) is 20.4. The molecule has 146 valence electrons. The van der Waals surface area contributed by atoms with Gasteiger partial charge in [0.2, 0.25) is 0 Å². The second kappa shape index (κ2) is 7.88. The molecule has 9 heteroatoms. The van der Waals surface area contributed by atoms with Crippen molar-refractivity contribution in [2.24, 2.45) is 7.05 Å². The molecule has 0 amide bonds. The van der Waals surface area contributed by atoms with Gasteiger partial charge in [0.25, 0.3) is 5.69 Å². The van der Waals surface area contributed by atoms with Crippen LogP contribution in [0.2, 0.25) is 0 Å². The summed E-state index contributed by atoms with van der Waals surface area (Å²) in [5.41, 5.74) is 3.73. The Morgan fingerprint density at radius 1 is 1.10 bits per heavy atom. The highest BCUT2D eigenvalue weighted by atomic mass is 32.2. The van der Waals surface area contributed by atoms with Crippen LogP contribution in [0, 0.1) is 10.1 Å². The third kappa shape index (κ3) is 3.77. The zero-order valence-corrected chi connectivity index (χ0v) is 16.7. The van der Waals surface area contributed by atoms with E-state index in [4.69, 9.17) is 4.98 Å². The highest BCUT2D eigenvalue weighted by molar-refractivity contribution is 8.00. The molecule has 0 saturated carbocycles. The van der Waals surface area contributed by atoms with Gasteiger partial charge in [-0.05, 0) is 36.1 Å². The lowest BCUT2D eigenvalue weighted by Gasteiger charge is -2.04. The van der Waals surface area contributed by atoms with Gasteiger partial charge in [-0.25, -0.2) is 15.0 Å². The Bertz CT molecular complexity index is 1170. The second-order valence-electron chi connectivity index (χ2n) is 6.39. The van der Waals surface area contributed by atoms with E-state index < -0.39 is 4.92 Å². The normalized spacial score (nSPS) is 11.0. The SMILES string of the molecule is CCc1ccc(-c2nc3c(NSc4ccc([N+](=O)[O-])cc4)ncnc3n2C)cc1. The molecule has 2 aromatic carbocycles. The van der Waals surface area contributed by atoms with Crippen LogP contribution in [0.5, 0.6) is 0 Å². The van der Waals surface area contributed by atoms with Gasteiger partial charge in [-0.15, -0.1) is 0 Å². The molecular formula is C20H18N6O2S. The smallest absolute Gasteiger partial charge is 0.269 e. The minimum Gasteiger partial charge on any atom is -0.312 e. The van der Waals surface area contributed by atoms with E-state index in [0.29, 0.717) is 11.3 Å². The Morgan fingerprint density at radius 3 is 2.48 bits per heavy atom. The number of nitro benzene ring substituents is 1. The minimum absolute atomic E-state index is 0.0576. The van der Waals surface area contributed by atoms with Crippen molar-refractivity contribution in [2.45, 2.75) is 18.2 Å². The predicted octanol–water partition coefficient (Wildman–Crippen LogP) is 4.62. The molecule has 2 aromatic heterocycles. The fraction of sp³-hybridized carbons (Fsp3) is 0.150. The van der Waals surface area contributed by atoms with E-state index in [0.717, 1.165) is 28.4 Å². The van der Waals surface area contributed by atoms with Crippen LogP contribution in [-0.2, 0) is 13.5 Å². The van der Waals surface area contributed by atoms with Crippen LogP contribution in [-0.4, -0.2) is 24.4 Å². The summed E-state index contributed by atoms with van der Waals surface area (Å²) in [6.45, 7) is 2.13. The number of rotatable bonds is 6. The number of nitrogens with one attached hydrogen (secondary N) is 1. The molecule has 0 aliphatic heterocycles. The van der Waals surface area contributed by atoms with Crippen molar-refractivity contribution in [2.75, 3.05) is 4.72 Å². The second-order valence-corrected chi connectivity index (χ2v) is 7.27. The van der Waals surface area contributed by atoms with Crippen LogP contribution in [0.3, 0.4) is 0 Å². The van der Waals surface area contributed by atoms with E-state index in [2.05, 4.69) is 45.9 Å². The van der Waals surface area contributed by atoms with Crippen LogP contribution in [0.4, 0.5) is 11.5 Å². The lowest BCUT2D eigenvalue weighted by atomic mass is 10.1. The molecule has 0 saturated heterocycles. The van der Waals surface area contributed by atoms with E-state index in [1.165, 1.54) is 36.0 Å². The van der Waals surface area contributed by atoms with Crippen molar-refractivity contribution < 1.29 is 4.92 Å². The highest BCUT2D eigenvalue weighted by Crippen LogP contribution is 2.29. The third-order valence-electron chi connectivity index (χ3n) is 4.59. The summed E-state index contributed by atoms with van der Waals surface area (Å²) in [6, 6.07) is 14.6. The standard InChI is InChI=1S/C20H18N6O2S/c1-3-13-4-6-14(7-5-13)19-23-17-18(21-12-22-20(17)25(19)2)24-29-16-10-8-15(9-11-16)26(27)28/h4-12H,3H2,1-2H3,(H,21,22,24). The predicted molar refractivity (Wildman–Crippen MR) is 114 cm³/mol. The maximum Gasteiger partial charge on any atom is 0.269 e. The van der Waals surface area contributed by atoms with E-state index in [1.807, 2.05) is 11.6 Å². The first-order chi connectivity index (χ1) is 14.1. The number of nitro groups is 1. The topological polar surface area (TPSA) is 98.8 Å². The molecule has 4 aromatic rings. The van der Waals surface area contributed by atoms with Crippen LogP contribution in [0.1, 0.15) is 12.5 Å². The van der Waals surface area contributed by atoms with Gasteiger partial charge in [-0.1, -0.05) is 31.2 Å². The fourth-order valence-electron chi connectivity index (χ4n) is 2.96. The van der Waals surface area contributed by atoms with Gasteiger partial charge in [0, 0.05) is 29.6 Å². The molecule has 1 N–H and O–H groups in total. The molecule has 29 heavy (non-hydrogen) atoms. The Kier molecular flexibility index (Phi) is 5.13. The van der Waals surface area contributed by atoms with Gasteiger partial charge < -0.3 is 9.29 Å². The third-order valence-corrected chi connectivity index (χ3v) is 5.39. The number of benzene rings is 2. The first-order valence-corrected chi connectivity index (χ1v) is 9.82. The summed E-state index contributed by atoms with van der Waals surface area (Å²) in [6.07, 6.45) is 2.48. The molecule has 4 rings (SSSR count). The number of hydrogen-bond acceptors (Lipinski definition) is 7. The van der Waals surface area contributed by atoms with Crippen molar-refractivity contribution in [1.29, 1.82) is 0 Å². The van der Waals surface area contributed by atoms with Crippen LogP contribution >= 0.6 is 11.9 Å². The highest BCUT2D eigenvalue weighted by Gasteiger charge is 2.15. The quantitative estimate of drug-likeness (QED) is 0.283. The number of aryl methyl sites for hydroxylation is 2. The van der Waals surface area contributed by atoms with Gasteiger partial charge in [0.05, 0.1) is 4.92 Å². The molecule has 0 atom stereocenters. The lowest BCUT2D eigenvalue weighted by Crippen LogP contribution is -1.96. The molecule has 0 bridgehead atoms. The molecule has 0 spiro atoms. The number of hydrogen-bond donors (Lipinski definition) is 1. The van der Waals surface area contributed by atoms with Gasteiger partial charge in [0.1, 0.15) is 12.2 Å². The van der Waals surface area contributed by atoms with Crippen LogP contribution in [0.15, 0.2) is 59.8 Å². The van der Waals surface area contributed by atoms with Gasteiger partial charge in [0.15, 0.2) is 17.0 Å². The van der Waals surface area contributed by atoms with E-state index in [1.54, 1.807) is 12.1 Å². The molecule has 2 heterocycles. The number of aromatic nitrogens is 4. The lowest BCUT2D eigenvalue weighted by molar-refractivity contribution is -0.384. The Morgan fingerprint density at radius 2 is 1.83 bits per heavy atom. The van der Waals surface area contributed by atoms with Crippen molar-refractivity contribution in [3.05, 3.63) is 70.5 Å². The first kappa shape index (κ1) is 18.9. The summed E-state index contributed by atoms with van der Waals surface area (Å²) in [4.78, 5) is 24.6. The monoisotopic (exact) mass is 406 g/mol. The number of nitrogens with zero attached hydrogens (tertiary/aromatic N) is 5. The average Bonchev–Trinajstić information content (AvgIpc) is 3.10. The van der Waals surface area contributed by atoms with Crippen LogP contribution < -0.4 is 4.72 Å². The molecule has 0 fully saturated rings. The maximum absolute atomic E-state index is 10.8. The summed E-state index contributed by atoms with van der Waals surface area (Å²) < 4.78 is 5.13. The fourth-order valence-corrected chi connectivity index (χ4v) is 3.60.